The van der Waals surface area contributed by atoms with Crippen molar-refractivity contribution in [2.45, 2.75) is 44.0 Å². The molecule has 1 saturated carbocycles. The number of nitrogens with one attached hydrogen (secondary N) is 1. The van der Waals surface area contributed by atoms with Crippen LogP contribution in [0.15, 0.2) is 23.1 Å². The number of amides is 1. The van der Waals surface area contributed by atoms with E-state index in [1.165, 1.54) is 12.8 Å². The van der Waals surface area contributed by atoms with Crippen LogP contribution in [0.2, 0.25) is 0 Å². The number of carbonyl (C=O) groups is 1. The lowest BCUT2D eigenvalue weighted by Crippen LogP contribution is -2.44. The van der Waals surface area contributed by atoms with E-state index in [0.717, 1.165) is 22.8 Å². The van der Waals surface area contributed by atoms with Gasteiger partial charge in [-0.05, 0) is 36.5 Å². The molecule has 0 saturated heterocycles. The largest absolute Gasteiger partial charge is 0.486 e. The van der Waals surface area contributed by atoms with Crippen LogP contribution in [0, 0.1) is 11.8 Å². The Kier molecular flexibility index (Phi) is 5.36. The Morgan fingerprint density at radius 1 is 1.22 bits per heavy atom. The van der Waals surface area contributed by atoms with E-state index in [9.17, 15) is 4.79 Å². The lowest BCUT2D eigenvalue weighted by atomic mass is 9.78. The van der Waals surface area contributed by atoms with Crippen molar-refractivity contribution in [1.82, 2.24) is 5.32 Å². The van der Waals surface area contributed by atoms with Crippen molar-refractivity contribution in [2.75, 3.05) is 19.0 Å². The predicted molar refractivity (Wildman–Crippen MR) is 92.3 cm³/mol. The van der Waals surface area contributed by atoms with Crippen LogP contribution >= 0.6 is 11.8 Å². The van der Waals surface area contributed by atoms with Crippen molar-refractivity contribution in [3.05, 3.63) is 18.2 Å². The quantitative estimate of drug-likeness (QED) is 0.856. The van der Waals surface area contributed by atoms with Gasteiger partial charge in [-0.2, -0.15) is 0 Å². The Bertz CT molecular complexity index is 563. The molecule has 1 aliphatic carbocycles. The normalized spacial score (nSPS) is 26.6. The number of ether oxygens (including phenoxy) is 2. The molecule has 1 amide bonds. The second-order valence-electron chi connectivity index (χ2n) is 6.54. The molecule has 1 N–H and O–H groups in total. The van der Waals surface area contributed by atoms with Gasteiger partial charge in [0.1, 0.15) is 13.2 Å². The monoisotopic (exact) mass is 335 g/mol. The SMILES string of the molecule is C[C@H]1[C@H](C)CCC[C@H]1NC(=O)CSc1ccc2c(c1)OCCO2. The Morgan fingerprint density at radius 2 is 2.00 bits per heavy atom. The molecule has 1 fully saturated rings. The number of carbonyl (C=O) groups excluding carboxylic acids is 1. The number of hydrogen-bond acceptors (Lipinski definition) is 4. The second kappa shape index (κ2) is 7.47. The van der Waals surface area contributed by atoms with E-state index < -0.39 is 0 Å². The molecule has 3 rings (SSSR count). The number of hydrogen-bond donors (Lipinski definition) is 1. The summed E-state index contributed by atoms with van der Waals surface area (Å²) in [6.07, 6.45) is 3.59. The number of rotatable bonds is 4. The van der Waals surface area contributed by atoms with Gasteiger partial charge < -0.3 is 14.8 Å². The van der Waals surface area contributed by atoms with Gasteiger partial charge in [-0.3, -0.25) is 4.79 Å². The first-order chi connectivity index (χ1) is 11.1. The van der Waals surface area contributed by atoms with E-state index in [-0.39, 0.29) is 5.91 Å². The lowest BCUT2D eigenvalue weighted by molar-refractivity contribution is -0.119. The molecular formula is C18H25NO3S. The third-order valence-electron chi connectivity index (χ3n) is 4.94. The van der Waals surface area contributed by atoms with E-state index in [4.69, 9.17) is 9.47 Å². The van der Waals surface area contributed by atoms with Crippen LogP contribution < -0.4 is 14.8 Å². The number of fused-ring (bicyclic) bond motifs is 1. The minimum absolute atomic E-state index is 0.121. The summed E-state index contributed by atoms with van der Waals surface area (Å²) in [5.74, 6) is 3.38. The summed E-state index contributed by atoms with van der Waals surface area (Å²) in [4.78, 5) is 13.3. The molecule has 3 atom stereocenters. The Morgan fingerprint density at radius 3 is 2.83 bits per heavy atom. The fraction of sp³-hybridized carbons (Fsp3) is 0.611. The first-order valence-corrected chi connectivity index (χ1v) is 9.44. The maximum Gasteiger partial charge on any atom is 0.230 e. The van der Waals surface area contributed by atoms with E-state index in [1.54, 1.807) is 11.8 Å². The third kappa shape index (κ3) is 4.14. The highest BCUT2D eigenvalue weighted by Crippen LogP contribution is 2.34. The van der Waals surface area contributed by atoms with E-state index in [1.807, 2.05) is 18.2 Å². The van der Waals surface area contributed by atoms with Crippen molar-refractivity contribution in [1.29, 1.82) is 0 Å². The van der Waals surface area contributed by atoms with Crippen LogP contribution in [0.1, 0.15) is 33.1 Å². The Labute approximate surface area is 142 Å². The van der Waals surface area contributed by atoms with Gasteiger partial charge in [0.2, 0.25) is 5.91 Å². The lowest BCUT2D eigenvalue weighted by Gasteiger charge is -2.34. The maximum absolute atomic E-state index is 12.2. The standard InChI is InChI=1S/C18H25NO3S/c1-12-4-3-5-15(13(12)2)19-18(20)11-23-14-6-7-16-17(10-14)22-9-8-21-16/h6-7,10,12-13,15H,3-5,8-9,11H2,1-2H3,(H,19,20)/t12-,13+,15-/m1/s1. The fourth-order valence-electron chi connectivity index (χ4n) is 3.30. The van der Waals surface area contributed by atoms with Crippen molar-refractivity contribution < 1.29 is 14.3 Å². The van der Waals surface area contributed by atoms with Crippen LogP contribution in [0.3, 0.4) is 0 Å². The summed E-state index contributed by atoms with van der Waals surface area (Å²) in [6.45, 7) is 5.72. The van der Waals surface area contributed by atoms with E-state index in [0.29, 0.717) is 36.8 Å². The van der Waals surface area contributed by atoms with Gasteiger partial charge in [-0.15, -0.1) is 11.8 Å². The molecule has 2 aliphatic rings. The summed E-state index contributed by atoms with van der Waals surface area (Å²) in [6, 6.07) is 6.18. The fourth-order valence-corrected chi connectivity index (χ4v) is 4.03. The zero-order valence-corrected chi connectivity index (χ0v) is 14.7. The van der Waals surface area contributed by atoms with Crippen LogP contribution in [0.25, 0.3) is 0 Å². The van der Waals surface area contributed by atoms with Crippen molar-refractivity contribution >= 4 is 17.7 Å². The van der Waals surface area contributed by atoms with Gasteiger partial charge in [-0.25, -0.2) is 0 Å². The van der Waals surface area contributed by atoms with Crippen LogP contribution in [-0.4, -0.2) is 30.9 Å². The summed E-state index contributed by atoms with van der Waals surface area (Å²) < 4.78 is 11.1. The first-order valence-electron chi connectivity index (χ1n) is 8.45. The molecule has 0 radical (unpaired) electrons. The second-order valence-corrected chi connectivity index (χ2v) is 7.58. The molecule has 5 heteroatoms. The average molecular weight is 335 g/mol. The highest BCUT2D eigenvalue weighted by Gasteiger charge is 2.28. The molecule has 0 unspecified atom stereocenters. The molecule has 1 aromatic carbocycles. The van der Waals surface area contributed by atoms with Gasteiger partial charge in [0, 0.05) is 10.9 Å². The topological polar surface area (TPSA) is 47.6 Å². The van der Waals surface area contributed by atoms with Crippen molar-refractivity contribution in [2.24, 2.45) is 11.8 Å². The summed E-state index contributed by atoms with van der Waals surface area (Å²) in [7, 11) is 0. The van der Waals surface area contributed by atoms with E-state index in [2.05, 4.69) is 19.2 Å². The molecule has 1 heterocycles. The summed E-state index contributed by atoms with van der Waals surface area (Å²) in [5.41, 5.74) is 0. The molecule has 0 aromatic heterocycles. The van der Waals surface area contributed by atoms with Crippen LogP contribution in [0.4, 0.5) is 0 Å². The zero-order valence-electron chi connectivity index (χ0n) is 13.8. The van der Waals surface area contributed by atoms with Gasteiger partial charge in [0.05, 0.1) is 5.75 Å². The molecule has 4 nitrogen and oxygen atoms in total. The minimum Gasteiger partial charge on any atom is -0.486 e. The first kappa shape index (κ1) is 16.5. The van der Waals surface area contributed by atoms with E-state index >= 15 is 0 Å². The number of thioether (sulfide) groups is 1. The average Bonchev–Trinajstić information content (AvgIpc) is 2.57. The van der Waals surface area contributed by atoms with Gasteiger partial charge >= 0.3 is 0 Å². The molecular weight excluding hydrogens is 310 g/mol. The van der Waals surface area contributed by atoms with Crippen molar-refractivity contribution in [3.63, 3.8) is 0 Å². The summed E-state index contributed by atoms with van der Waals surface area (Å²) in [5, 5.41) is 3.22. The minimum atomic E-state index is 0.121. The predicted octanol–water partition coefficient (Wildman–Crippen LogP) is 3.49. The Hall–Kier alpha value is -1.36. The smallest absolute Gasteiger partial charge is 0.230 e. The molecule has 23 heavy (non-hydrogen) atoms. The molecule has 0 bridgehead atoms. The van der Waals surface area contributed by atoms with Crippen molar-refractivity contribution in [3.8, 4) is 11.5 Å². The zero-order chi connectivity index (χ0) is 16.2. The summed E-state index contributed by atoms with van der Waals surface area (Å²) >= 11 is 1.54. The van der Waals surface area contributed by atoms with Gasteiger partial charge in [0.25, 0.3) is 0 Å². The number of benzene rings is 1. The molecule has 126 valence electrons. The highest BCUT2D eigenvalue weighted by molar-refractivity contribution is 8.00. The van der Waals surface area contributed by atoms with Crippen LogP contribution in [-0.2, 0) is 4.79 Å². The molecule has 1 aliphatic heterocycles. The molecule has 1 aromatic rings. The van der Waals surface area contributed by atoms with Gasteiger partial charge in [-0.1, -0.05) is 26.7 Å². The maximum atomic E-state index is 12.2. The molecule has 0 spiro atoms. The van der Waals surface area contributed by atoms with Crippen LogP contribution in [0.5, 0.6) is 11.5 Å². The highest BCUT2D eigenvalue weighted by atomic mass is 32.2. The Balaban J connectivity index is 1.51. The van der Waals surface area contributed by atoms with Gasteiger partial charge in [0.15, 0.2) is 11.5 Å². The third-order valence-corrected chi connectivity index (χ3v) is 5.93.